The average molecular weight is 254 g/mol. The smallest absolute Gasteiger partial charge is 0.286 e. The maximum atomic E-state index is 11.1. The van der Waals surface area contributed by atoms with Crippen molar-refractivity contribution in [2.75, 3.05) is 0 Å². The minimum Gasteiger partial charge on any atom is -0.441 e. The molecule has 19 heavy (non-hydrogen) atoms. The summed E-state index contributed by atoms with van der Waals surface area (Å²) in [6, 6.07) is 7.22. The van der Waals surface area contributed by atoms with Crippen LogP contribution >= 0.6 is 0 Å². The lowest BCUT2D eigenvalue weighted by molar-refractivity contribution is 0.0990. The van der Waals surface area contributed by atoms with Crippen LogP contribution in [0.2, 0.25) is 0 Å². The standard InChI is InChI=1S/C13H10N4O2/c1-7-16-10-6-8(2-3-11(10)19-7)9-4-5-15-13(17-9)12(14)18/h2-6H,1H3,(H2,14,18). The van der Waals surface area contributed by atoms with Gasteiger partial charge in [0.2, 0.25) is 5.82 Å². The van der Waals surface area contributed by atoms with Gasteiger partial charge in [-0.3, -0.25) is 4.79 Å². The number of nitrogens with two attached hydrogens (primary N) is 1. The summed E-state index contributed by atoms with van der Waals surface area (Å²) in [7, 11) is 0. The van der Waals surface area contributed by atoms with Gasteiger partial charge in [-0.2, -0.15) is 0 Å². The van der Waals surface area contributed by atoms with Crippen molar-refractivity contribution < 1.29 is 9.21 Å². The minimum atomic E-state index is -0.653. The normalized spacial score (nSPS) is 10.8. The van der Waals surface area contributed by atoms with Crippen LogP contribution in [0.5, 0.6) is 0 Å². The maximum absolute atomic E-state index is 11.1. The molecule has 0 bridgehead atoms. The van der Waals surface area contributed by atoms with Crippen molar-refractivity contribution in [2.45, 2.75) is 6.92 Å². The molecule has 2 aromatic heterocycles. The van der Waals surface area contributed by atoms with Crippen LogP contribution in [0, 0.1) is 6.92 Å². The van der Waals surface area contributed by atoms with E-state index in [2.05, 4.69) is 15.0 Å². The average Bonchev–Trinajstić information content (AvgIpc) is 2.77. The number of aryl methyl sites for hydroxylation is 1. The third-order valence-corrected chi connectivity index (χ3v) is 2.67. The van der Waals surface area contributed by atoms with Crippen LogP contribution < -0.4 is 5.73 Å². The summed E-state index contributed by atoms with van der Waals surface area (Å²) >= 11 is 0. The van der Waals surface area contributed by atoms with Crippen molar-refractivity contribution in [3.05, 3.63) is 42.2 Å². The van der Waals surface area contributed by atoms with E-state index in [1.165, 1.54) is 6.20 Å². The highest BCUT2D eigenvalue weighted by Gasteiger charge is 2.09. The van der Waals surface area contributed by atoms with E-state index >= 15 is 0 Å². The summed E-state index contributed by atoms with van der Waals surface area (Å²) in [5, 5.41) is 0. The SMILES string of the molecule is Cc1nc2cc(-c3ccnc(C(N)=O)n3)ccc2o1. The molecule has 3 rings (SSSR count). The number of fused-ring (bicyclic) bond motifs is 1. The molecule has 3 aromatic rings. The maximum Gasteiger partial charge on any atom is 0.286 e. The van der Waals surface area contributed by atoms with E-state index in [-0.39, 0.29) is 5.82 Å². The number of aromatic nitrogens is 3. The van der Waals surface area contributed by atoms with Crippen molar-refractivity contribution in [3.63, 3.8) is 0 Å². The number of oxazole rings is 1. The molecular weight excluding hydrogens is 244 g/mol. The summed E-state index contributed by atoms with van der Waals surface area (Å²) in [6.07, 6.45) is 1.50. The molecule has 0 aliphatic rings. The first-order valence-corrected chi connectivity index (χ1v) is 5.64. The Kier molecular flexibility index (Phi) is 2.49. The number of carbonyl (C=O) groups is 1. The van der Waals surface area contributed by atoms with Gasteiger partial charge >= 0.3 is 0 Å². The van der Waals surface area contributed by atoms with Crippen molar-refractivity contribution in [3.8, 4) is 11.3 Å². The highest BCUT2D eigenvalue weighted by molar-refractivity contribution is 5.89. The zero-order valence-corrected chi connectivity index (χ0v) is 10.1. The number of amides is 1. The number of hydrogen-bond acceptors (Lipinski definition) is 5. The molecule has 0 fully saturated rings. The third-order valence-electron chi connectivity index (χ3n) is 2.67. The Balaban J connectivity index is 2.12. The summed E-state index contributed by atoms with van der Waals surface area (Å²) < 4.78 is 5.40. The van der Waals surface area contributed by atoms with E-state index in [4.69, 9.17) is 10.2 Å². The Morgan fingerprint density at radius 2 is 2.11 bits per heavy atom. The van der Waals surface area contributed by atoms with Gasteiger partial charge in [0.25, 0.3) is 5.91 Å². The molecule has 0 atom stereocenters. The first-order chi connectivity index (χ1) is 9.13. The molecule has 0 saturated heterocycles. The molecule has 2 N–H and O–H groups in total. The topological polar surface area (TPSA) is 94.9 Å². The van der Waals surface area contributed by atoms with Gasteiger partial charge in [-0.1, -0.05) is 0 Å². The molecule has 0 aliphatic carbocycles. The molecular formula is C13H10N4O2. The lowest BCUT2D eigenvalue weighted by Crippen LogP contribution is -2.15. The summed E-state index contributed by atoms with van der Waals surface area (Å²) in [5.41, 5.74) is 8.06. The van der Waals surface area contributed by atoms with Crippen LogP contribution in [0.4, 0.5) is 0 Å². The van der Waals surface area contributed by atoms with Crippen LogP contribution in [0.1, 0.15) is 16.5 Å². The molecule has 0 unspecified atom stereocenters. The van der Waals surface area contributed by atoms with Crippen LogP contribution in [0.25, 0.3) is 22.4 Å². The molecule has 1 aromatic carbocycles. The second-order valence-corrected chi connectivity index (χ2v) is 4.05. The predicted octanol–water partition coefficient (Wildman–Crippen LogP) is 1.69. The molecule has 2 heterocycles. The van der Waals surface area contributed by atoms with E-state index < -0.39 is 5.91 Å². The molecule has 6 nitrogen and oxygen atoms in total. The van der Waals surface area contributed by atoms with Gasteiger partial charge in [0, 0.05) is 18.7 Å². The molecule has 0 radical (unpaired) electrons. The lowest BCUT2D eigenvalue weighted by Gasteiger charge is -2.01. The van der Waals surface area contributed by atoms with Gasteiger partial charge < -0.3 is 10.2 Å². The Morgan fingerprint density at radius 1 is 1.26 bits per heavy atom. The van der Waals surface area contributed by atoms with Gasteiger partial charge in [-0.05, 0) is 24.3 Å². The number of nitrogens with zero attached hydrogens (tertiary/aromatic N) is 3. The molecule has 6 heteroatoms. The monoisotopic (exact) mass is 254 g/mol. The second-order valence-electron chi connectivity index (χ2n) is 4.05. The summed E-state index contributed by atoms with van der Waals surface area (Å²) in [4.78, 5) is 23.2. The van der Waals surface area contributed by atoms with Gasteiger partial charge in [0.05, 0.1) is 5.69 Å². The van der Waals surface area contributed by atoms with Crippen LogP contribution in [-0.4, -0.2) is 20.9 Å². The summed E-state index contributed by atoms with van der Waals surface area (Å²) in [6.45, 7) is 1.79. The van der Waals surface area contributed by atoms with Gasteiger partial charge in [-0.25, -0.2) is 15.0 Å². The van der Waals surface area contributed by atoms with Crippen LogP contribution in [0.15, 0.2) is 34.9 Å². The Bertz CT molecular complexity index is 779. The fraction of sp³-hybridized carbons (Fsp3) is 0.0769. The van der Waals surface area contributed by atoms with Crippen molar-refractivity contribution in [2.24, 2.45) is 5.73 Å². The lowest BCUT2D eigenvalue weighted by atomic mass is 10.1. The zero-order valence-electron chi connectivity index (χ0n) is 10.1. The number of benzene rings is 1. The zero-order chi connectivity index (χ0) is 13.4. The molecule has 0 spiro atoms. The van der Waals surface area contributed by atoms with Gasteiger partial charge in [0.15, 0.2) is 11.5 Å². The molecule has 0 aliphatic heterocycles. The predicted molar refractivity (Wildman–Crippen MR) is 68.3 cm³/mol. The van der Waals surface area contributed by atoms with Gasteiger partial charge in [0.1, 0.15) is 5.52 Å². The number of hydrogen-bond donors (Lipinski definition) is 1. The van der Waals surface area contributed by atoms with E-state index in [9.17, 15) is 4.79 Å². The molecule has 94 valence electrons. The molecule has 1 amide bonds. The fourth-order valence-electron chi connectivity index (χ4n) is 1.84. The largest absolute Gasteiger partial charge is 0.441 e. The van der Waals surface area contributed by atoms with E-state index in [1.54, 1.807) is 13.0 Å². The van der Waals surface area contributed by atoms with Crippen molar-refractivity contribution in [1.29, 1.82) is 0 Å². The minimum absolute atomic E-state index is 0.00562. The summed E-state index contributed by atoms with van der Waals surface area (Å²) in [5.74, 6) is -0.0539. The number of primary amides is 1. The highest BCUT2D eigenvalue weighted by atomic mass is 16.3. The Labute approximate surface area is 108 Å². The quantitative estimate of drug-likeness (QED) is 0.750. The number of carbonyl (C=O) groups excluding carboxylic acids is 1. The highest BCUT2D eigenvalue weighted by Crippen LogP contribution is 2.23. The first kappa shape index (κ1) is 11.3. The second kappa shape index (κ2) is 4.16. The third kappa shape index (κ3) is 2.03. The number of rotatable bonds is 2. The van der Waals surface area contributed by atoms with E-state index in [1.807, 2.05) is 18.2 Å². The van der Waals surface area contributed by atoms with Crippen LogP contribution in [0.3, 0.4) is 0 Å². The fourth-order valence-corrected chi connectivity index (χ4v) is 1.84. The van der Waals surface area contributed by atoms with Crippen LogP contribution in [-0.2, 0) is 0 Å². The Morgan fingerprint density at radius 3 is 2.89 bits per heavy atom. The van der Waals surface area contributed by atoms with E-state index in [0.29, 0.717) is 17.2 Å². The molecule has 0 saturated carbocycles. The van der Waals surface area contributed by atoms with E-state index in [0.717, 1.165) is 11.1 Å². The van der Waals surface area contributed by atoms with Gasteiger partial charge in [-0.15, -0.1) is 0 Å². The van der Waals surface area contributed by atoms with Crippen molar-refractivity contribution >= 4 is 17.0 Å². The Hall–Kier alpha value is -2.76. The first-order valence-electron chi connectivity index (χ1n) is 5.64. The van der Waals surface area contributed by atoms with Crippen molar-refractivity contribution in [1.82, 2.24) is 15.0 Å².